The number of nitrogens with zero attached hydrogens (tertiary/aromatic N) is 5. The maximum atomic E-state index is 13.9. The van der Waals surface area contributed by atoms with Crippen molar-refractivity contribution in [3.05, 3.63) is 87.7 Å². The number of carbonyl (C=O) groups excluding carboxylic acids is 1. The highest BCUT2D eigenvalue weighted by Crippen LogP contribution is 2.77. The van der Waals surface area contributed by atoms with E-state index >= 15 is 0 Å². The number of nitrogens with one attached hydrogen (secondary N) is 3. The molecule has 0 unspecified atom stereocenters. The minimum Gasteiger partial charge on any atom is -0.455 e. The number of nitro benzene ring substituents is 1. The summed E-state index contributed by atoms with van der Waals surface area (Å²) in [6.07, 6.45) is 11.6. The lowest BCUT2D eigenvalue weighted by Gasteiger charge is -2.72. The summed E-state index contributed by atoms with van der Waals surface area (Å²) in [5, 5.41) is 24.9. The molecule has 4 fully saturated rings. The van der Waals surface area contributed by atoms with Crippen molar-refractivity contribution in [3.63, 3.8) is 0 Å². The van der Waals surface area contributed by atoms with E-state index in [0.29, 0.717) is 53.7 Å². The summed E-state index contributed by atoms with van der Waals surface area (Å²) in [6.45, 7) is 13.2. The van der Waals surface area contributed by atoms with Crippen molar-refractivity contribution >= 4 is 44.0 Å². The van der Waals surface area contributed by atoms with Crippen LogP contribution in [-0.4, -0.2) is 110 Å². The number of anilines is 2. The number of nitro groups is 1. The number of carbonyl (C=O) groups is 1. The second-order valence-electron chi connectivity index (χ2n) is 18.9. The fourth-order valence-corrected chi connectivity index (χ4v) is 11.3. The summed E-state index contributed by atoms with van der Waals surface area (Å²) in [7, 11) is -2.69. The van der Waals surface area contributed by atoms with E-state index < -0.39 is 31.4 Å². The normalized spacial score (nSPS) is 22.5. The van der Waals surface area contributed by atoms with Gasteiger partial charge < -0.3 is 29.9 Å². The quantitative estimate of drug-likeness (QED) is 0.0372. The molecule has 326 valence electrons. The summed E-state index contributed by atoms with van der Waals surface area (Å²) in [5.74, 6) is -0.440. The standard InChI is InChI=1S/C45H58N8O7S/c1-43(2)12-10-32(37(25-43)45-28-44(3,29-45)30-45)27-51-16-18-52(19-17-51)33-6-8-36(40(23-33)60-34-22-31-11-14-47-41(31)48-26-34)42(55)49-61(58,59)35-7-9-38(39(24-35)53(56)57)46-13-5-15-50(4)20-21-54/h6-9,11,14,22-24,26,46,54H,5,10,12-13,15-21,25,27-30H2,1-4H3,(H,47,48)(H,49,55). The van der Waals surface area contributed by atoms with E-state index in [1.165, 1.54) is 56.9 Å². The molecule has 1 amide bonds. The molecule has 61 heavy (non-hydrogen) atoms. The third-order valence-electron chi connectivity index (χ3n) is 13.3. The van der Waals surface area contributed by atoms with Crippen LogP contribution in [-0.2, 0) is 10.0 Å². The van der Waals surface area contributed by atoms with Crippen molar-refractivity contribution in [2.45, 2.75) is 70.6 Å². The first kappa shape index (κ1) is 42.7. The average molecular weight is 855 g/mol. The molecule has 16 heteroatoms. The lowest BCUT2D eigenvalue weighted by atomic mass is 9.33. The Labute approximate surface area is 357 Å². The second kappa shape index (κ2) is 16.7. The lowest BCUT2D eigenvalue weighted by molar-refractivity contribution is -0.384. The predicted octanol–water partition coefficient (Wildman–Crippen LogP) is 6.93. The van der Waals surface area contributed by atoms with Crippen LogP contribution in [0, 0.1) is 26.4 Å². The number of H-pyrrole nitrogens is 1. The van der Waals surface area contributed by atoms with Gasteiger partial charge in [0.2, 0.25) is 0 Å². The predicted molar refractivity (Wildman–Crippen MR) is 236 cm³/mol. The smallest absolute Gasteiger partial charge is 0.293 e. The molecular formula is C45H58N8O7S. The molecule has 0 radical (unpaired) electrons. The number of amides is 1. The van der Waals surface area contributed by atoms with Crippen LogP contribution < -0.4 is 19.7 Å². The number of hydrogen-bond acceptors (Lipinski definition) is 12. The first-order valence-electron chi connectivity index (χ1n) is 21.4. The van der Waals surface area contributed by atoms with Crippen molar-refractivity contribution in [1.29, 1.82) is 0 Å². The number of allylic oxidation sites excluding steroid dienone is 1. The Balaban J connectivity index is 0.981. The van der Waals surface area contributed by atoms with E-state index in [2.05, 4.69) is 50.6 Å². The summed E-state index contributed by atoms with van der Waals surface area (Å²) in [6, 6.07) is 12.3. The third-order valence-corrected chi connectivity index (χ3v) is 14.6. The monoisotopic (exact) mass is 854 g/mol. The van der Waals surface area contributed by atoms with Gasteiger partial charge in [0.1, 0.15) is 22.8 Å². The van der Waals surface area contributed by atoms with Gasteiger partial charge in [-0.15, -0.1) is 0 Å². The van der Waals surface area contributed by atoms with E-state index in [1.807, 2.05) is 18.0 Å². The van der Waals surface area contributed by atoms with Crippen molar-refractivity contribution < 1.29 is 28.0 Å². The number of aromatic amines is 1. The summed E-state index contributed by atoms with van der Waals surface area (Å²) >= 11 is 0. The van der Waals surface area contributed by atoms with E-state index in [1.54, 1.807) is 41.6 Å². The van der Waals surface area contributed by atoms with E-state index in [9.17, 15) is 23.3 Å². The molecule has 0 atom stereocenters. The largest absolute Gasteiger partial charge is 0.455 e. The number of benzene rings is 2. The highest BCUT2D eigenvalue weighted by atomic mass is 32.2. The Morgan fingerprint density at radius 1 is 1.05 bits per heavy atom. The van der Waals surface area contributed by atoms with E-state index in [0.717, 1.165) is 49.9 Å². The molecule has 5 aliphatic rings. The fourth-order valence-electron chi connectivity index (χ4n) is 10.3. The average Bonchev–Trinajstić information content (AvgIpc) is 3.67. The number of pyridine rings is 1. The van der Waals surface area contributed by atoms with Gasteiger partial charge in [-0.1, -0.05) is 31.9 Å². The number of piperazine rings is 1. The SMILES string of the molecule is CN(CCO)CCCNc1ccc(S(=O)(=O)NC(=O)c2ccc(N3CCN(CC4=C(C56CC(C)(C5)C6)CC(C)(C)CC4)CC3)cc2Oc2cnc3[nH]ccc3c2)cc1[N+](=O)[O-]. The maximum Gasteiger partial charge on any atom is 0.293 e. The van der Waals surface area contributed by atoms with Gasteiger partial charge in [-0.3, -0.25) is 19.8 Å². The molecule has 3 saturated carbocycles. The number of rotatable bonds is 17. The van der Waals surface area contributed by atoms with E-state index in [-0.39, 0.29) is 23.6 Å². The Kier molecular flexibility index (Phi) is 11.7. The van der Waals surface area contributed by atoms with Crippen LogP contribution in [0.4, 0.5) is 17.1 Å². The van der Waals surface area contributed by atoms with Crippen molar-refractivity contribution in [1.82, 2.24) is 24.5 Å². The molecule has 4 aliphatic carbocycles. The number of aliphatic hydroxyl groups excluding tert-OH is 1. The first-order chi connectivity index (χ1) is 29.0. The van der Waals surface area contributed by atoms with Gasteiger partial charge in [0, 0.05) is 75.2 Å². The summed E-state index contributed by atoms with van der Waals surface area (Å²) in [5.41, 5.74) is 5.99. The maximum absolute atomic E-state index is 13.9. The van der Waals surface area contributed by atoms with Gasteiger partial charge in [-0.2, -0.15) is 0 Å². The Morgan fingerprint density at radius 3 is 2.54 bits per heavy atom. The minimum absolute atomic E-state index is 0.0266. The van der Waals surface area contributed by atoms with Crippen LogP contribution in [0.5, 0.6) is 11.5 Å². The molecule has 2 bridgehead atoms. The first-order valence-corrected chi connectivity index (χ1v) is 22.9. The molecule has 9 rings (SSSR count). The zero-order valence-corrected chi connectivity index (χ0v) is 36.4. The molecule has 2 aromatic carbocycles. The number of aromatic nitrogens is 2. The van der Waals surface area contributed by atoms with Crippen LogP contribution in [0.1, 0.15) is 76.1 Å². The highest BCUT2D eigenvalue weighted by molar-refractivity contribution is 7.90. The molecule has 1 saturated heterocycles. The zero-order valence-electron chi connectivity index (χ0n) is 35.6. The van der Waals surface area contributed by atoms with E-state index in [4.69, 9.17) is 9.84 Å². The van der Waals surface area contributed by atoms with Crippen molar-refractivity contribution in [3.8, 4) is 11.5 Å². The summed E-state index contributed by atoms with van der Waals surface area (Å²) < 4.78 is 35.7. The molecule has 4 aromatic rings. The topological polar surface area (TPSA) is 186 Å². The minimum atomic E-state index is -4.56. The van der Waals surface area contributed by atoms with Gasteiger partial charge in [0.05, 0.1) is 28.2 Å². The highest BCUT2D eigenvalue weighted by Gasteiger charge is 2.66. The summed E-state index contributed by atoms with van der Waals surface area (Å²) in [4.78, 5) is 39.1. The zero-order chi connectivity index (χ0) is 43.2. The van der Waals surface area contributed by atoms with Gasteiger partial charge >= 0.3 is 0 Å². The van der Waals surface area contributed by atoms with Crippen molar-refractivity contribution in [2.24, 2.45) is 16.2 Å². The number of likely N-dealkylation sites (N-methyl/N-ethyl adjacent to an activating group) is 1. The molecule has 3 heterocycles. The van der Waals surface area contributed by atoms with Crippen molar-refractivity contribution in [2.75, 3.05) is 76.2 Å². The third kappa shape index (κ3) is 9.13. The van der Waals surface area contributed by atoms with Crippen LogP contribution in [0.3, 0.4) is 0 Å². The van der Waals surface area contributed by atoms with Crippen LogP contribution in [0.2, 0.25) is 0 Å². The molecular weight excluding hydrogens is 797 g/mol. The van der Waals surface area contributed by atoms with Crippen LogP contribution >= 0.6 is 0 Å². The number of fused-ring (bicyclic) bond motifs is 1. The van der Waals surface area contributed by atoms with Gasteiger partial charge in [0.15, 0.2) is 0 Å². The molecule has 4 N–H and O–H groups in total. The van der Waals surface area contributed by atoms with Crippen LogP contribution in [0.15, 0.2) is 77.0 Å². The molecule has 1 aliphatic heterocycles. The Hall–Kier alpha value is -5.03. The number of ether oxygens (including phenoxy) is 1. The van der Waals surface area contributed by atoms with Gasteiger partial charge in [-0.25, -0.2) is 18.1 Å². The van der Waals surface area contributed by atoms with Gasteiger partial charge in [-0.05, 0) is 111 Å². The molecule has 2 aromatic heterocycles. The lowest BCUT2D eigenvalue weighted by Crippen LogP contribution is -2.61. The fraction of sp³-hybridized carbons (Fsp3) is 0.511. The number of hydrogen-bond donors (Lipinski definition) is 4. The van der Waals surface area contributed by atoms with Crippen LogP contribution in [0.25, 0.3) is 11.0 Å². The number of aliphatic hydroxyl groups is 1. The molecule has 0 spiro atoms. The Bertz CT molecular complexity index is 2440. The molecule has 15 nitrogen and oxygen atoms in total. The Morgan fingerprint density at radius 2 is 1.82 bits per heavy atom. The number of sulfonamides is 1. The second-order valence-corrected chi connectivity index (χ2v) is 20.5. The van der Waals surface area contributed by atoms with Gasteiger partial charge in [0.25, 0.3) is 21.6 Å².